The zero-order chi connectivity index (χ0) is 16.7. The quantitative estimate of drug-likeness (QED) is 0.929. The second-order valence-corrected chi connectivity index (χ2v) is 8.44. The molecule has 2 N–H and O–H groups in total. The van der Waals surface area contributed by atoms with Crippen molar-refractivity contribution in [3.63, 3.8) is 0 Å². The van der Waals surface area contributed by atoms with Crippen LogP contribution in [0.4, 0.5) is 0 Å². The second-order valence-electron chi connectivity index (χ2n) is 6.56. The zero-order valence-electron chi connectivity index (χ0n) is 14.4. The summed E-state index contributed by atoms with van der Waals surface area (Å²) in [7, 11) is -3.45. The van der Waals surface area contributed by atoms with Crippen LogP contribution in [0.1, 0.15) is 40.7 Å². The van der Waals surface area contributed by atoms with Gasteiger partial charge in [0, 0.05) is 13.1 Å². The Balaban J connectivity index is 2.55. The fourth-order valence-corrected chi connectivity index (χ4v) is 5.53. The second kappa shape index (κ2) is 6.30. The highest BCUT2D eigenvalue weighted by atomic mass is 32.2. The number of sulfonamides is 1. The Hall–Kier alpha value is -0.910. The molecular formula is C17H28N2O2S. The molecule has 22 heavy (non-hydrogen) atoms. The molecule has 1 unspecified atom stereocenters. The summed E-state index contributed by atoms with van der Waals surface area (Å²) in [5.74, 6) is 0.275. The van der Waals surface area contributed by atoms with Crippen LogP contribution in [0.3, 0.4) is 0 Å². The Kier molecular flexibility index (Phi) is 5.00. The van der Waals surface area contributed by atoms with Crippen molar-refractivity contribution in [2.24, 2.45) is 11.7 Å². The van der Waals surface area contributed by atoms with E-state index in [0.717, 1.165) is 35.1 Å². The van der Waals surface area contributed by atoms with Crippen LogP contribution in [0, 0.1) is 40.5 Å². The van der Waals surface area contributed by atoms with Crippen molar-refractivity contribution in [3.8, 4) is 0 Å². The molecule has 1 atom stereocenters. The van der Waals surface area contributed by atoms with E-state index in [1.54, 1.807) is 4.31 Å². The van der Waals surface area contributed by atoms with Gasteiger partial charge in [-0.25, -0.2) is 8.42 Å². The van der Waals surface area contributed by atoms with Crippen molar-refractivity contribution in [3.05, 3.63) is 27.8 Å². The Morgan fingerprint density at radius 2 is 1.50 bits per heavy atom. The SMILES string of the molecule is Cc1c(C)c(C)c(S(=O)(=O)N2CCCC(CN)C2)c(C)c1C. The van der Waals surface area contributed by atoms with Gasteiger partial charge in [0.05, 0.1) is 4.90 Å². The van der Waals surface area contributed by atoms with Crippen LogP contribution in [-0.4, -0.2) is 32.4 Å². The summed E-state index contributed by atoms with van der Waals surface area (Å²) in [5.41, 5.74) is 10.9. The van der Waals surface area contributed by atoms with Crippen molar-refractivity contribution < 1.29 is 8.42 Å². The maximum absolute atomic E-state index is 13.2. The number of hydrogen-bond donors (Lipinski definition) is 1. The third-order valence-corrected chi connectivity index (χ3v) is 7.48. The van der Waals surface area contributed by atoms with Crippen molar-refractivity contribution in [2.45, 2.75) is 52.4 Å². The van der Waals surface area contributed by atoms with Crippen LogP contribution in [0.15, 0.2) is 4.90 Å². The first-order chi connectivity index (χ1) is 10.2. The summed E-state index contributed by atoms with van der Waals surface area (Å²) in [4.78, 5) is 0.505. The van der Waals surface area contributed by atoms with Gasteiger partial charge in [0.2, 0.25) is 10.0 Å². The monoisotopic (exact) mass is 324 g/mol. The number of nitrogens with two attached hydrogens (primary N) is 1. The van der Waals surface area contributed by atoms with E-state index < -0.39 is 10.0 Å². The number of rotatable bonds is 3. The van der Waals surface area contributed by atoms with Crippen molar-refractivity contribution in [1.82, 2.24) is 4.31 Å². The van der Waals surface area contributed by atoms with Crippen LogP contribution in [0.25, 0.3) is 0 Å². The smallest absolute Gasteiger partial charge is 0.243 e. The van der Waals surface area contributed by atoms with E-state index in [0.29, 0.717) is 24.5 Å². The molecule has 0 saturated carbocycles. The van der Waals surface area contributed by atoms with E-state index in [1.807, 2.05) is 27.7 Å². The number of hydrogen-bond acceptors (Lipinski definition) is 3. The summed E-state index contributed by atoms with van der Waals surface area (Å²) >= 11 is 0. The molecule has 1 aliphatic rings. The molecule has 0 aromatic heterocycles. The lowest BCUT2D eigenvalue weighted by atomic mass is 9.95. The highest BCUT2D eigenvalue weighted by Crippen LogP contribution is 2.33. The van der Waals surface area contributed by atoms with E-state index in [1.165, 1.54) is 5.56 Å². The highest BCUT2D eigenvalue weighted by Gasteiger charge is 2.33. The molecule has 124 valence electrons. The minimum atomic E-state index is -3.45. The summed E-state index contributed by atoms with van der Waals surface area (Å²) in [5, 5.41) is 0. The average Bonchev–Trinajstić information content (AvgIpc) is 2.51. The summed E-state index contributed by atoms with van der Waals surface area (Å²) in [6, 6.07) is 0. The molecular weight excluding hydrogens is 296 g/mol. The highest BCUT2D eigenvalue weighted by molar-refractivity contribution is 7.89. The molecule has 0 radical (unpaired) electrons. The van der Waals surface area contributed by atoms with E-state index in [9.17, 15) is 8.42 Å². The third-order valence-electron chi connectivity index (χ3n) is 5.34. The minimum absolute atomic E-state index is 0.275. The van der Waals surface area contributed by atoms with Crippen molar-refractivity contribution >= 4 is 10.0 Å². The van der Waals surface area contributed by atoms with Gasteiger partial charge in [-0.05, 0) is 87.7 Å². The molecule has 1 heterocycles. The van der Waals surface area contributed by atoms with Gasteiger partial charge in [-0.15, -0.1) is 0 Å². The van der Waals surface area contributed by atoms with Gasteiger partial charge >= 0.3 is 0 Å². The van der Waals surface area contributed by atoms with E-state index >= 15 is 0 Å². The van der Waals surface area contributed by atoms with E-state index in [4.69, 9.17) is 5.73 Å². The first kappa shape index (κ1) is 17.4. The van der Waals surface area contributed by atoms with Gasteiger partial charge in [-0.1, -0.05) is 0 Å². The Labute approximate surface area is 134 Å². The number of nitrogens with zero attached hydrogens (tertiary/aromatic N) is 1. The molecule has 0 amide bonds. The molecule has 0 spiro atoms. The minimum Gasteiger partial charge on any atom is -0.330 e. The molecule has 1 fully saturated rings. The Morgan fingerprint density at radius 1 is 1.00 bits per heavy atom. The molecule has 1 aromatic rings. The molecule has 1 aromatic carbocycles. The van der Waals surface area contributed by atoms with Crippen molar-refractivity contribution in [1.29, 1.82) is 0 Å². The summed E-state index contributed by atoms with van der Waals surface area (Å²) < 4.78 is 28.0. The van der Waals surface area contributed by atoms with E-state index in [-0.39, 0.29) is 5.92 Å². The lowest BCUT2D eigenvalue weighted by molar-refractivity contribution is 0.271. The lowest BCUT2D eigenvalue weighted by Crippen LogP contribution is -2.42. The maximum atomic E-state index is 13.2. The van der Waals surface area contributed by atoms with Crippen LogP contribution in [0.5, 0.6) is 0 Å². The third kappa shape index (κ3) is 2.82. The predicted octanol–water partition coefficient (Wildman–Crippen LogP) is 2.59. The van der Waals surface area contributed by atoms with Gasteiger partial charge in [-0.3, -0.25) is 0 Å². The molecule has 5 heteroatoms. The number of benzene rings is 1. The molecule has 4 nitrogen and oxygen atoms in total. The van der Waals surface area contributed by atoms with Gasteiger partial charge in [0.15, 0.2) is 0 Å². The Morgan fingerprint density at radius 3 is 2.00 bits per heavy atom. The Bertz CT molecular complexity index is 651. The fourth-order valence-electron chi connectivity index (χ4n) is 3.42. The number of piperidine rings is 1. The predicted molar refractivity (Wildman–Crippen MR) is 90.7 cm³/mol. The van der Waals surface area contributed by atoms with Gasteiger partial charge in [-0.2, -0.15) is 4.31 Å². The molecule has 1 saturated heterocycles. The fraction of sp³-hybridized carbons (Fsp3) is 0.647. The first-order valence-corrected chi connectivity index (χ1v) is 9.43. The largest absolute Gasteiger partial charge is 0.330 e. The first-order valence-electron chi connectivity index (χ1n) is 7.99. The van der Waals surface area contributed by atoms with Gasteiger partial charge < -0.3 is 5.73 Å². The average molecular weight is 324 g/mol. The molecule has 2 rings (SSSR count). The molecule has 1 aliphatic heterocycles. The normalized spacial score (nSPS) is 20.4. The maximum Gasteiger partial charge on any atom is 0.243 e. The standard InChI is InChI=1S/C17H28N2O2S/c1-11-12(2)14(4)17(15(5)13(11)3)22(20,21)19-8-6-7-16(9-18)10-19/h16H,6-10,18H2,1-5H3. The van der Waals surface area contributed by atoms with Crippen LogP contribution >= 0.6 is 0 Å². The topological polar surface area (TPSA) is 63.4 Å². The molecule has 0 bridgehead atoms. The zero-order valence-corrected chi connectivity index (χ0v) is 15.2. The summed E-state index contributed by atoms with van der Waals surface area (Å²) in [6.07, 6.45) is 1.91. The lowest BCUT2D eigenvalue weighted by Gasteiger charge is -2.32. The van der Waals surface area contributed by atoms with Crippen molar-refractivity contribution in [2.75, 3.05) is 19.6 Å². The van der Waals surface area contributed by atoms with Crippen LogP contribution in [-0.2, 0) is 10.0 Å². The summed E-state index contributed by atoms with van der Waals surface area (Å²) in [6.45, 7) is 11.6. The molecule has 0 aliphatic carbocycles. The van der Waals surface area contributed by atoms with Gasteiger partial charge in [0.25, 0.3) is 0 Å². The van der Waals surface area contributed by atoms with Crippen LogP contribution < -0.4 is 5.73 Å². The van der Waals surface area contributed by atoms with Crippen LogP contribution in [0.2, 0.25) is 0 Å². The van der Waals surface area contributed by atoms with E-state index in [2.05, 4.69) is 6.92 Å². The van der Waals surface area contributed by atoms with Gasteiger partial charge in [0.1, 0.15) is 0 Å².